The zero-order chi connectivity index (χ0) is 28.1. The van der Waals surface area contributed by atoms with Crippen LogP contribution in [0.25, 0.3) is 6.08 Å². The second-order valence-corrected chi connectivity index (χ2v) is 10.5. The van der Waals surface area contributed by atoms with Gasteiger partial charge in [0.2, 0.25) is 0 Å². The van der Waals surface area contributed by atoms with Crippen LogP contribution in [0.1, 0.15) is 95.6 Å². The minimum atomic E-state index is -0.884. The van der Waals surface area contributed by atoms with Gasteiger partial charge in [-0.3, -0.25) is 4.79 Å². The Morgan fingerprint density at radius 1 is 0.949 bits per heavy atom. The smallest absolute Gasteiger partial charge is 0.354 e. The highest BCUT2D eigenvalue weighted by atomic mass is 16.5. The molecule has 1 fully saturated rings. The SMILES string of the molecule is CCCCCCCCC1CCC(C(=O)O)(c2ccc(C=C(C#N)C(=O)Oc3ccc(OCC)cc3)cc2)CC1. The van der Waals surface area contributed by atoms with Gasteiger partial charge in [-0.15, -0.1) is 0 Å². The van der Waals surface area contributed by atoms with E-state index in [0.717, 1.165) is 18.4 Å². The van der Waals surface area contributed by atoms with Gasteiger partial charge in [-0.2, -0.15) is 5.26 Å². The molecule has 0 amide bonds. The zero-order valence-electron chi connectivity index (χ0n) is 23.3. The molecule has 1 aliphatic rings. The molecule has 6 nitrogen and oxygen atoms in total. The van der Waals surface area contributed by atoms with Crippen molar-refractivity contribution in [2.45, 2.75) is 89.9 Å². The molecule has 3 rings (SSSR count). The molecular weight excluding hydrogens is 490 g/mol. The molecule has 0 aromatic heterocycles. The van der Waals surface area contributed by atoms with Crippen molar-refractivity contribution in [1.29, 1.82) is 5.26 Å². The molecule has 1 saturated carbocycles. The Labute approximate surface area is 232 Å². The lowest BCUT2D eigenvalue weighted by Gasteiger charge is -2.37. The molecule has 0 unspecified atom stereocenters. The Morgan fingerprint density at radius 2 is 1.56 bits per heavy atom. The first kappa shape index (κ1) is 30.0. The highest BCUT2D eigenvalue weighted by molar-refractivity contribution is 5.99. The van der Waals surface area contributed by atoms with Crippen LogP contribution in [0.2, 0.25) is 0 Å². The molecule has 0 aliphatic heterocycles. The minimum absolute atomic E-state index is 0.139. The van der Waals surface area contributed by atoms with E-state index in [1.165, 1.54) is 51.0 Å². The summed E-state index contributed by atoms with van der Waals surface area (Å²) in [5.74, 6) is 0.0524. The summed E-state index contributed by atoms with van der Waals surface area (Å²) in [7, 11) is 0. The highest BCUT2D eigenvalue weighted by Gasteiger charge is 2.43. The van der Waals surface area contributed by atoms with Crippen LogP contribution in [0.5, 0.6) is 11.5 Å². The van der Waals surface area contributed by atoms with Crippen LogP contribution in [0.4, 0.5) is 0 Å². The number of nitrogens with zero attached hydrogens (tertiary/aromatic N) is 1. The van der Waals surface area contributed by atoms with E-state index in [1.807, 2.05) is 25.1 Å². The standard InChI is InChI=1S/C33H41NO5/c1-3-5-6-7-8-9-10-25-19-21-33(22-20-25,32(36)37)28-13-11-26(12-14-28)23-27(24-34)31(35)39-30-17-15-29(16-18-30)38-4-2/h11-18,23,25H,3-10,19-22H2,1-2H3,(H,36,37). The van der Waals surface area contributed by atoms with Crippen molar-refractivity contribution in [1.82, 2.24) is 0 Å². The number of benzene rings is 2. The van der Waals surface area contributed by atoms with Gasteiger partial charge in [0.05, 0.1) is 12.0 Å². The molecule has 0 bridgehead atoms. The predicted octanol–water partition coefficient (Wildman–Crippen LogP) is 7.86. The third-order valence-electron chi connectivity index (χ3n) is 7.79. The van der Waals surface area contributed by atoms with Gasteiger partial charge in [0.25, 0.3) is 0 Å². The second kappa shape index (κ2) is 15.1. The molecule has 0 heterocycles. The lowest BCUT2D eigenvalue weighted by Crippen LogP contribution is -2.39. The summed E-state index contributed by atoms with van der Waals surface area (Å²) in [6.07, 6.45) is 13.5. The molecule has 208 valence electrons. The van der Waals surface area contributed by atoms with E-state index < -0.39 is 17.4 Å². The molecule has 2 aromatic carbocycles. The van der Waals surface area contributed by atoms with Crippen molar-refractivity contribution in [2.24, 2.45) is 5.92 Å². The Hall–Kier alpha value is -3.59. The fourth-order valence-corrected chi connectivity index (χ4v) is 5.43. The maximum atomic E-state index is 12.6. The van der Waals surface area contributed by atoms with Crippen molar-refractivity contribution in [3.05, 3.63) is 65.2 Å². The van der Waals surface area contributed by atoms with Gasteiger partial charge in [-0.25, -0.2) is 4.79 Å². The number of esters is 1. The van der Waals surface area contributed by atoms with E-state index in [1.54, 1.807) is 36.4 Å². The maximum absolute atomic E-state index is 12.6. The number of unbranched alkanes of at least 4 members (excludes halogenated alkanes) is 5. The summed E-state index contributed by atoms with van der Waals surface area (Å²) >= 11 is 0. The number of hydrogen-bond donors (Lipinski definition) is 1. The Morgan fingerprint density at radius 3 is 2.15 bits per heavy atom. The van der Waals surface area contributed by atoms with E-state index in [4.69, 9.17) is 9.47 Å². The summed E-state index contributed by atoms with van der Waals surface area (Å²) in [5.41, 5.74) is 0.390. The van der Waals surface area contributed by atoms with Crippen molar-refractivity contribution in [2.75, 3.05) is 6.61 Å². The maximum Gasteiger partial charge on any atom is 0.354 e. The molecule has 2 aromatic rings. The van der Waals surface area contributed by atoms with Crippen molar-refractivity contribution in [3.63, 3.8) is 0 Å². The monoisotopic (exact) mass is 531 g/mol. The quantitative estimate of drug-likeness (QED) is 0.0876. The van der Waals surface area contributed by atoms with Gasteiger partial charge < -0.3 is 14.6 Å². The summed E-state index contributed by atoms with van der Waals surface area (Å²) in [6.45, 7) is 4.65. The number of aliphatic carboxylic acids is 1. The fourth-order valence-electron chi connectivity index (χ4n) is 5.43. The number of carboxylic acid groups (broad SMARTS) is 1. The van der Waals surface area contributed by atoms with Crippen LogP contribution in [-0.4, -0.2) is 23.7 Å². The van der Waals surface area contributed by atoms with Gasteiger partial charge in [0.15, 0.2) is 0 Å². The van der Waals surface area contributed by atoms with E-state index in [9.17, 15) is 20.0 Å². The number of rotatable bonds is 14. The van der Waals surface area contributed by atoms with E-state index >= 15 is 0 Å². The van der Waals surface area contributed by atoms with Gasteiger partial charge in [-0.05, 0) is 80.0 Å². The highest BCUT2D eigenvalue weighted by Crippen LogP contribution is 2.43. The predicted molar refractivity (Wildman–Crippen MR) is 153 cm³/mol. The Kier molecular flexibility index (Phi) is 11.6. The summed E-state index contributed by atoms with van der Waals surface area (Å²) in [5, 5.41) is 19.8. The van der Waals surface area contributed by atoms with Crippen LogP contribution >= 0.6 is 0 Å². The van der Waals surface area contributed by atoms with Crippen LogP contribution < -0.4 is 9.47 Å². The zero-order valence-corrected chi connectivity index (χ0v) is 23.3. The summed E-state index contributed by atoms with van der Waals surface area (Å²) in [6, 6.07) is 15.7. The first-order valence-electron chi connectivity index (χ1n) is 14.3. The van der Waals surface area contributed by atoms with Crippen molar-refractivity contribution < 1.29 is 24.2 Å². The Bertz CT molecular complexity index is 1140. The molecule has 1 N–H and O–H groups in total. The fraction of sp³-hybridized carbons (Fsp3) is 0.485. The first-order valence-corrected chi connectivity index (χ1v) is 14.3. The van der Waals surface area contributed by atoms with Crippen LogP contribution in [0.15, 0.2) is 54.1 Å². The number of carbonyl (C=O) groups is 2. The van der Waals surface area contributed by atoms with E-state index in [0.29, 0.717) is 42.4 Å². The number of nitriles is 1. The molecule has 39 heavy (non-hydrogen) atoms. The lowest BCUT2D eigenvalue weighted by atomic mass is 9.66. The van der Waals surface area contributed by atoms with Gasteiger partial charge in [-0.1, -0.05) is 76.1 Å². The number of carbonyl (C=O) groups excluding carboxylic acids is 1. The largest absolute Gasteiger partial charge is 0.494 e. The van der Waals surface area contributed by atoms with Gasteiger partial charge in [0, 0.05) is 0 Å². The van der Waals surface area contributed by atoms with Crippen molar-refractivity contribution >= 4 is 18.0 Å². The van der Waals surface area contributed by atoms with E-state index in [-0.39, 0.29) is 5.57 Å². The molecular formula is C33H41NO5. The molecule has 0 radical (unpaired) electrons. The number of carboxylic acids is 1. The van der Waals surface area contributed by atoms with Crippen LogP contribution in [-0.2, 0) is 15.0 Å². The lowest BCUT2D eigenvalue weighted by molar-refractivity contribution is -0.145. The number of ether oxygens (including phenoxy) is 2. The average molecular weight is 532 g/mol. The normalized spacial score (nSPS) is 19.2. The van der Waals surface area contributed by atoms with Gasteiger partial charge >= 0.3 is 11.9 Å². The summed E-state index contributed by atoms with van der Waals surface area (Å²) in [4.78, 5) is 25.0. The second-order valence-electron chi connectivity index (χ2n) is 10.5. The van der Waals surface area contributed by atoms with Crippen LogP contribution in [0.3, 0.4) is 0 Å². The van der Waals surface area contributed by atoms with Gasteiger partial charge in [0.1, 0.15) is 23.1 Å². The molecule has 0 spiro atoms. The third kappa shape index (κ3) is 8.45. The summed E-state index contributed by atoms with van der Waals surface area (Å²) < 4.78 is 10.7. The first-order chi connectivity index (χ1) is 18.9. The molecule has 1 aliphatic carbocycles. The third-order valence-corrected chi connectivity index (χ3v) is 7.79. The van der Waals surface area contributed by atoms with E-state index in [2.05, 4.69) is 6.92 Å². The van der Waals surface area contributed by atoms with Crippen molar-refractivity contribution in [3.8, 4) is 17.6 Å². The number of hydrogen-bond acceptors (Lipinski definition) is 5. The molecule has 0 saturated heterocycles. The topological polar surface area (TPSA) is 96.6 Å². The van der Waals surface area contributed by atoms with Crippen LogP contribution in [0, 0.1) is 17.2 Å². The molecule has 6 heteroatoms. The minimum Gasteiger partial charge on any atom is -0.494 e. The molecule has 0 atom stereocenters. The average Bonchev–Trinajstić information content (AvgIpc) is 2.95. The Balaban J connectivity index is 1.61.